The molecule has 0 radical (unpaired) electrons. The van der Waals surface area contributed by atoms with Crippen molar-refractivity contribution in [1.29, 1.82) is 0 Å². The third-order valence-corrected chi connectivity index (χ3v) is 3.70. The zero-order valence-corrected chi connectivity index (χ0v) is 13.3. The van der Waals surface area contributed by atoms with Crippen LogP contribution < -0.4 is 5.73 Å². The van der Waals surface area contributed by atoms with Crippen LogP contribution in [0.2, 0.25) is 0 Å². The van der Waals surface area contributed by atoms with Crippen LogP contribution in [-0.2, 0) is 6.54 Å². The molecule has 1 amide bonds. The van der Waals surface area contributed by atoms with Crippen LogP contribution in [0, 0.1) is 13.8 Å². The van der Waals surface area contributed by atoms with E-state index in [1.165, 1.54) is 11.1 Å². The van der Waals surface area contributed by atoms with Gasteiger partial charge in [-0.1, -0.05) is 59.7 Å². The quantitative estimate of drug-likeness (QED) is 0.804. The molecule has 2 N–H and O–H groups in total. The minimum atomic E-state index is -0.462. The van der Waals surface area contributed by atoms with Crippen molar-refractivity contribution in [3.05, 3.63) is 77.0 Å². The molecular formula is C19H19N3O. The second-order valence-electron chi connectivity index (χ2n) is 5.82. The molecule has 0 aliphatic carbocycles. The molecule has 0 unspecified atom stereocenters. The molecule has 1 aromatic heterocycles. The molecule has 0 aliphatic rings. The number of rotatable bonds is 4. The summed E-state index contributed by atoms with van der Waals surface area (Å²) in [6, 6.07) is 16.0. The highest BCUT2D eigenvalue weighted by molar-refractivity contribution is 5.98. The van der Waals surface area contributed by atoms with Crippen molar-refractivity contribution in [2.75, 3.05) is 0 Å². The first kappa shape index (κ1) is 15.0. The van der Waals surface area contributed by atoms with Crippen molar-refractivity contribution in [3.8, 4) is 11.3 Å². The van der Waals surface area contributed by atoms with Gasteiger partial charge >= 0.3 is 0 Å². The highest BCUT2D eigenvalue weighted by Gasteiger charge is 2.15. The lowest BCUT2D eigenvalue weighted by molar-refractivity contribution is 0.100. The fraction of sp³-hybridized carbons (Fsp3) is 0.158. The van der Waals surface area contributed by atoms with Crippen LogP contribution in [0.3, 0.4) is 0 Å². The Morgan fingerprint density at radius 1 is 1.09 bits per heavy atom. The summed E-state index contributed by atoms with van der Waals surface area (Å²) in [7, 11) is 0. The van der Waals surface area contributed by atoms with E-state index in [9.17, 15) is 4.79 Å². The summed E-state index contributed by atoms with van der Waals surface area (Å²) in [6.07, 6.45) is 1.72. The summed E-state index contributed by atoms with van der Waals surface area (Å²) in [6.45, 7) is 4.75. The average molecular weight is 305 g/mol. The fourth-order valence-corrected chi connectivity index (χ4v) is 2.84. The first-order valence-corrected chi connectivity index (χ1v) is 7.53. The lowest BCUT2D eigenvalue weighted by Crippen LogP contribution is -2.11. The SMILES string of the molecule is Cc1cc(C)cc(Cn2cc(C(N)=O)c(-c3ccccc3)n2)c1. The summed E-state index contributed by atoms with van der Waals surface area (Å²) >= 11 is 0. The second kappa shape index (κ2) is 6.08. The van der Waals surface area contributed by atoms with Gasteiger partial charge < -0.3 is 5.73 Å². The Balaban J connectivity index is 1.99. The number of carbonyl (C=O) groups excluding carboxylic acids is 1. The topological polar surface area (TPSA) is 60.9 Å². The molecule has 3 rings (SSSR count). The first-order valence-electron chi connectivity index (χ1n) is 7.53. The molecule has 3 aromatic rings. The number of nitrogens with two attached hydrogens (primary N) is 1. The zero-order chi connectivity index (χ0) is 16.4. The first-order chi connectivity index (χ1) is 11.0. The molecule has 0 bridgehead atoms. The monoisotopic (exact) mass is 305 g/mol. The van der Waals surface area contributed by atoms with Crippen LogP contribution in [0.5, 0.6) is 0 Å². The highest BCUT2D eigenvalue weighted by atomic mass is 16.1. The molecule has 0 saturated carbocycles. The molecule has 2 aromatic carbocycles. The Bertz CT molecular complexity index is 830. The highest BCUT2D eigenvalue weighted by Crippen LogP contribution is 2.22. The summed E-state index contributed by atoms with van der Waals surface area (Å²) < 4.78 is 1.77. The summed E-state index contributed by atoms with van der Waals surface area (Å²) in [5.41, 5.74) is 11.1. The molecule has 0 fully saturated rings. The Kier molecular flexibility index (Phi) is 3.98. The molecule has 0 atom stereocenters. The van der Waals surface area contributed by atoms with E-state index in [2.05, 4.69) is 37.1 Å². The van der Waals surface area contributed by atoms with E-state index in [1.54, 1.807) is 10.9 Å². The standard InChI is InChI=1S/C19H19N3O/c1-13-8-14(2)10-15(9-13)11-22-12-17(19(20)23)18(21-22)16-6-4-3-5-7-16/h3-10,12H,11H2,1-2H3,(H2,20,23). The van der Waals surface area contributed by atoms with E-state index < -0.39 is 5.91 Å². The molecule has 4 heteroatoms. The lowest BCUT2D eigenvalue weighted by atomic mass is 10.1. The van der Waals surface area contributed by atoms with Gasteiger partial charge in [-0.05, 0) is 19.4 Å². The van der Waals surface area contributed by atoms with Crippen LogP contribution in [0.4, 0.5) is 0 Å². The van der Waals surface area contributed by atoms with Crippen molar-refractivity contribution >= 4 is 5.91 Å². The minimum Gasteiger partial charge on any atom is -0.365 e. The number of aryl methyl sites for hydroxylation is 2. The third kappa shape index (κ3) is 3.31. The number of hydrogen-bond acceptors (Lipinski definition) is 2. The second-order valence-corrected chi connectivity index (χ2v) is 5.82. The number of carbonyl (C=O) groups is 1. The molecule has 23 heavy (non-hydrogen) atoms. The molecule has 0 spiro atoms. The number of amides is 1. The Morgan fingerprint density at radius 3 is 2.35 bits per heavy atom. The van der Waals surface area contributed by atoms with Crippen LogP contribution in [-0.4, -0.2) is 15.7 Å². The van der Waals surface area contributed by atoms with Crippen LogP contribution in [0.1, 0.15) is 27.0 Å². The largest absolute Gasteiger partial charge is 0.365 e. The van der Waals surface area contributed by atoms with Gasteiger partial charge in [-0.3, -0.25) is 9.48 Å². The number of benzene rings is 2. The predicted octanol–water partition coefficient (Wildman–Crippen LogP) is 3.31. The van der Waals surface area contributed by atoms with Crippen molar-refractivity contribution in [2.24, 2.45) is 5.73 Å². The van der Waals surface area contributed by atoms with Crippen LogP contribution in [0.25, 0.3) is 11.3 Å². The van der Waals surface area contributed by atoms with Gasteiger partial charge in [0.1, 0.15) is 5.69 Å². The maximum Gasteiger partial charge on any atom is 0.252 e. The fourth-order valence-electron chi connectivity index (χ4n) is 2.84. The Labute approximate surface area is 135 Å². The van der Waals surface area contributed by atoms with E-state index in [-0.39, 0.29) is 0 Å². The maximum atomic E-state index is 11.7. The van der Waals surface area contributed by atoms with Crippen molar-refractivity contribution in [1.82, 2.24) is 9.78 Å². The van der Waals surface area contributed by atoms with Gasteiger partial charge in [0.25, 0.3) is 5.91 Å². The van der Waals surface area contributed by atoms with Crippen LogP contribution >= 0.6 is 0 Å². The van der Waals surface area contributed by atoms with Crippen LogP contribution in [0.15, 0.2) is 54.7 Å². The van der Waals surface area contributed by atoms with E-state index in [0.717, 1.165) is 11.1 Å². The van der Waals surface area contributed by atoms with E-state index in [1.807, 2.05) is 30.3 Å². The molecular weight excluding hydrogens is 286 g/mol. The number of hydrogen-bond donors (Lipinski definition) is 1. The average Bonchev–Trinajstić information content (AvgIpc) is 2.91. The van der Waals surface area contributed by atoms with E-state index >= 15 is 0 Å². The van der Waals surface area contributed by atoms with Gasteiger partial charge in [0, 0.05) is 11.8 Å². The van der Waals surface area contributed by atoms with Gasteiger partial charge in [0.2, 0.25) is 0 Å². The molecule has 116 valence electrons. The molecule has 0 saturated heterocycles. The minimum absolute atomic E-state index is 0.445. The smallest absolute Gasteiger partial charge is 0.252 e. The van der Waals surface area contributed by atoms with Gasteiger partial charge in [-0.15, -0.1) is 0 Å². The van der Waals surface area contributed by atoms with E-state index in [4.69, 9.17) is 5.73 Å². The number of aromatic nitrogens is 2. The number of nitrogens with zero attached hydrogens (tertiary/aromatic N) is 2. The van der Waals surface area contributed by atoms with Gasteiger partial charge in [-0.2, -0.15) is 5.10 Å². The summed E-state index contributed by atoms with van der Waals surface area (Å²) in [4.78, 5) is 11.7. The van der Waals surface area contributed by atoms with Crippen molar-refractivity contribution in [2.45, 2.75) is 20.4 Å². The molecule has 1 heterocycles. The van der Waals surface area contributed by atoms with Crippen molar-refractivity contribution in [3.63, 3.8) is 0 Å². The predicted molar refractivity (Wildman–Crippen MR) is 91.2 cm³/mol. The summed E-state index contributed by atoms with van der Waals surface area (Å²) in [5.74, 6) is -0.462. The third-order valence-electron chi connectivity index (χ3n) is 3.70. The van der Waals surface area contributed by atoms with Gasteiger partial charge in [0.05, 0.1) is 12.1 Å². The van der Waals surface area contributed by atoms with Gasteiger partial charge in [-0.25, -0.2) is 0 Å². The molecule has 0 aliphatic heterocycles. The van der Waals surface area contributed by atoms with E-state index in [0.29, 0.717) is 17.8 Å². The Morgan fingerprint density at radius 2 is 1.74 bits per heavy atom. The normalized spacial score (nSPS) is 10.7. The summed E-state index contributed by atoms with van der Waals surface area (Å²) in [5, 5.41) is 4.57. The maximum absolute atomic E-state index is 11.7. The Hall–Kier alpha value is -2.88. The lowest BCUT2D eigenvalue weighted by Gasteiger charge is -2.05. The van der Waals surface area contributed by atoms with Gasteiger partial charge in [0.15, 0.2) is 0 Å². The number of primary amides is 1. The van der Waals surface area contributed by atoms with Crippen molar-refractivity contribution < 1.29 is 4.79 Å². The zero-order valence-electron chi connectivity index (χ0n) is 13.3. The molecule has 4 nitrogen and oxygen atoms in total.